The predicted molar refractivity (Wildman–Crippen MR) is 72.4 cm³/mol. The van der Waals surface area contributed by atoms with Crippen LogP contribution in [0, 0.1) is 5.41 Å². The minimum atomic E-state index is -1.45. The molecule has 0 saturated carbocycles. The van der Waals surface area contributed by atoms with Crippen molar-refractivity contribution in [1.29, 1.82) is 0 Å². The zero-order valence-electron chi connectivity index (χ0n) is 11.4. The van der Waals surface area contributed by atoms with E-state index < -0.39 is 5.41 Å². The quantitative estimate of drug-likeness (QED) is 0.602. The summed E-state index contributed by atoms with van der Waals surface area (Å²) >= 11 is 0. The van der Waals surface area contributed by atoms with Gasteiger partial charge in [-0.1, -0.05) is 50.5 Å². The summed E-state index contributed by atoms with van der Waals surface area (Å²) in [6.45, 7) is 3.40. The summed E-state index contributed by atoms with van der Waals surface area (Å²) in [7, 11) is 0. The van der Waals surface area contributed by atoms with Crippen LogP contribution in [-0.2, 0) is 4.79 Å². The molecule has 100 valence electrons. The third-order valence-corrected chi connectivity index (χ3v) is 3.95. The second kappa shape index (κ2) is 5.08. The summed E-state index contributed by atoms with van der Waals surface area (Å²) in [4.78, 5) is 37.1. The lowest BCUT2D eigenvalue weighted by Gasteiger charge is -2.22. The van der Waals surface area contributed by atoms with Gasteiger partial charge in [0.05, 0.1) is 0 Å². The highest BCUT2D eigenvalue weighted by molar-refractivity contribution is 6.39. The van der Waals surface area contributed by atoms with Gasteiger partial charge in [-0.3, -0.25) is 14.4 Å². The molecule has 0 aliphatic heterocycles. The van der Waals surface area contributed by atoms with Gasteiger partial charge < -0.3 is 0 Å². The van der Waals surface area contributed by atoms with Crippen molar-refractivity contribution < 1.29 is 14.4 Å². The third-order valence-electron chi connectivity index (χ3n) is 3.95. The molecular formula is C16H18O3. The number of benzene rings is 1. The van der Waals surface area contributed by atoms with Crippen molar-refractivity contribution >= 4 is 17.3 Å². The molecule has 0 bridgehead atoms. The maximum absolute atomic E-state index is 12.5. The second-order valence-electron chi connectivity index (χ2n) is 5.12. The summed E-state index contributed by atoms with van der Waals surface area (Å²) in [5, 5.41) is 0. The van der Waals surface area contributed by atoms with Crippen molar-refractivity contribution in [2.45, 2.75) is 39.5 Å². The molecule has 3 heteroatoms. The minimum absolute atomic E-state index is 0.309. The Morgan fingerprint density at radius 2 is 1.58 bits per heavy atom. The number of ketones is 3. The fraction of sp³-hybridized carbons (Fsp3) is 0.438. The molecule has 0 heterocycles. The van der Waals surface area contributed by atoms with E-state index in [1.807, 2.05) is 6.92 Å². The molecule has 19 heavy (non-hydrogen) atoms. The zero-order chi connectivity index (χ0) is 14.0. The van der Waals surface area contributed by atoms with Crippen molar-refractivity contribution in [3.63, 3.8) is 0 Å². The average molecular weight is 258 g/mol. The third kappa shape index (κ3) is 1.93. The van der Waals surface area contributed by atoms with Gasteiger partial charge in [-0.15, -0.1) is 0 Å². The molecule has 1 aliphatic rings. The molecule has 0 N–H and O–H groups in total. The lowest BCUT2D eigenvalue weighted by atomic mass is 9.75. The molecule has 0 aromatic heterocycles. The first-order chi connectivity index (χ1) is 9.05. The van der Waals surface area contributed by atoms with Crippen LogP contribution in [0.4, 0.5) is 0 Å². The SMILES string of the molecule is CCCCCC1(C(C)=O)C(=O)c2ccccc2C1=O. The molecule has 1 aromatic carbocycles. The number of carbonyl (C=O) groups is 3. The molecule has 0 spiro atoms. The summed E-state index contributed by atoms with van der Waals surface area (Å²) in [6, 6.07) is 6.73. The molecule has 0 unspecified atom stereocenters. The van der Waals surface area contributed by atoms with E-state index in [-0.39, 0.29) is 17.3 Å². The fourth-order valence-corrected chi connectivity index (χ4v) is 2.81. The highest BCUT2D eigenvalue weighted by Crippen LogP contribution is 2.41. The van der Waals surface area contributed by atoms with E-state index in [4.69, 9.17) is 0 Å². The highest BCUT2D eigenvalue weighted by Gasteiger charge is 2.55. The standard InChI is InChI=1S/C16H18O3/c1-3-4-7-10-16(11(2)17)14(18)12-8-5-6-9-13(12)15(16)19/h5-6,8-9H,3-4,7,10H2,1-2H3. The van der Waals surface area contributed by atoms with Crippen molar-refractivity contribution in [1.82, 2.24) is 0 Å². The number of carbonyl (C=O) groups excluding carboxylic acids is 3. The van der Waals surface area contributed by atoms with Crippen LogP contribution < -0.4 is 0 Å². The number of hydrogen-bond donors (Lipinski definition) is 0. The maximum Gasteiger partial charge on any atom is 0.184 e. The van der Waals surface area contributed by atoms with E-state index in [0.717, 1.165) is 19.3 Å². The summed E-state index contributed by atoms with van der Waals surface area (Å²) in [6.07, 6.45) is 2.97. The van der Waals surface area contributed by atoms with Gasteiger partial charge in [0, 0.05) is 11.1 Å². The van der Waals surface area contributed by atoms with Crippen LogP contribution >= 0.6 is 0 Å². The van der Waals surface area contributed by atoms with E-state index in [9.17, 15) is 14.4 Å². The van der Waals surface area contributed by atoms with E-state index in [0.29, 0.717) is 17.5 Å². The first-order valence-electron chi connectivity index (χ1n) is 6.75. The first-order valence-corrected chi connectivity index (χ1v) is 6.75. The number of Topliss-reactive ketones (excluding diaryl/α,β-unsaturated/α-hetero) is 3. The second-order valence-corrected chi connectivity index (χ2v) is 5.12. The molecule has 0 amide bonds. The Kier molecular flexibility index (Phi) is 3.65. The molecule has 1 aliphatic carbocycles. The molecule has 1 aromatic rings. The predicted octanol–water partition coefficient (Wildman–Crippen LogP) is 3.22. The van der Waals surface area contributed by atoms with E-state index >= 15 is 0 Å². The van der Waals surface area contributed by atoms with Crippen molar-refractivity contribution in [3.05, 3.63) is 35.4 Å². The van der Waals surface area contributed by atoms with Gasteiger partial charge in [-0.2, -0.15) is 0 Å². The summed E-state index contributed by atoms with van der Waals surface area (Å²) < 4.78 is 0. The highest BCUT2D eigenvalue weighted by atomic mass is 16.2. The molecule has 0 atom stereocenters. The van der Waals surface area contributed by atoms with Gasteiger partial charge >= 0.3 is 0 Å². The molecule has 2 rings (SSSR count). The van der Waals surface area contributed by atoms with Gasteiger partial charge in [0.15, 0.2) is 22.8 Å². The van der Waals surface area contributed by atoms with Gasteiger partial charge in [0.2, 0.25) is 0 Å². The lowest BCUT2D eigenvalue weighted by Crippen LogP contribution is -2.40. The normalized spacial score (nSPS) is 16.5. The van der Waals surface area contributed by atoms with Crippen LogP contribution in [0.1, 0.15) is 60.2 Å². The lowest BCUT2D eigenvalue weighted by molar-refractivity contribution is -0.122. The van der Waals surface area contributed by atoms with Crippen LogP contribution in [0.25, 0.3) is 0 Å². The largest absolute Gasteiger partial charge is 0.298 e. The van der Waals surface area contributed by atoms with E-state index in [2.05, 4.69) is 0 Å². The Hall–Kier alpha value is -1.77. The zero-order valence-corrected chi connectivity index (χ0v) is 11.4. The smallest absolute Gasteiger partial charge is 0.184 e. The van der Waals surface area contributed by atoms with Crippen LogP contribution in [0.5, 0.6) is 0 Å². The number of hydrogen-bond acceptors (Lipinski definition) is 3. The van der Waals surface area contributed by atoms with Gasteiger partial charge in [-0.05, 0) is 13.3 Å². The van der Waals surface area contributed by atoms with Crippen LogP contribution in [0.2, 0.25) is 0 Å². The Morgan fingerprint density at radius 3 is 2.00 bits per heavy atom. The molecule has 3 nitrogen and oxygen atoms in total. The Bertz CT molecular complexity index is 508. The number of rotatable bonds is 5. The minimum Gasteiger partial charge on any atom is -0.298 e. The van der Waals surface area contributed by atoms with E-state index in [1.54, 1.807) is 24.3 Å². The van der Waals surface area contributed by atoms with Crippen LogP contribution in [-0.4, -0.2) is 17.3 Å². The Morgan fingerprint density at radius 1 is 1.05 bits per heavy atom. The molecule has 0 radical (unpaired) electrons. The summed E-state index contributed by atoms with van der Waals surface area (Å²) in [5.41, 5.74) is -0.642. The molecule has 0 saturated heterocycles. The van der Waals surface area contributed by atoms with E-state index in [1.165, 1.54) is 6.92 Å². The monoisotopic (exact) mass is 258 g/mol. The van der Waals surface area contributed by atoms with Gasteiger partial charge in [0.1, 0.15) is 0 Å². The molecular weight excluding hydrogens is 240 g/mol. The van der Waals surface area contributed by atoms with Crippen LogP contribution in [0.15, 0.2) is 24.3 Å². The Labute approximate surface area is 113 Å². The van der Waals surface area contributed by atoms with Gasteiger partial charge in [0.25, 0.3) is 0 Å². The van der Waals surface area contributed by atoms with Crippen molar-refractivity contribution in [3.8, 4) is 0 Å². The number of fused-ring (bicyclic) bond motifs is 1. The van der Waals surface area contributed by atoms with Gasteiger partial charge in [-0.25, -0.2) is 0 Å². The molecule has 0 fully saturated rings. The fourth-order valence-electron chi connectivity index (χ4n) is 2.81. The average Bonchev–Trinajstić information content (AvgIpc) is 2.62. The topological polar surface area (TPSA) is 51.2 Å². The summed E-state index contributed by atoms with van der Waals surface area (Å²) in [5.74, 6) is -0.941. The first kappa shape index (κ1) is 13.7. The maximum atomic E-state index is 12.5. The Balaban J connectivity index is 2.44. The van der Waals surface area contributed by atoms with Crippen molar-refractivity contribution in [2.24, 2.45) is 5.41 Å². The number of unbranched alkanes of at least 4 members (excludes halogenated alkanes) is 2. The van der Waals surface area contributed by atoms with Crippen molar-refractivity contribution in [2.75, 3.05) is 0 Å². The van der Waals surface area contributed by atoms with Crippen LogP contribution in [0.3, 0.4) is 0 Å².